The van der Waals surface area contributed by atoms with Crippen LogP contribution in [0.5, 0.6) is 0 Å². The maximum atomic E-state index is 12.6. The van der Waals surface area contributed by atoms with Crippen LogP contribution in [0.4, 0.5) is 5.69 Å². The van der Waals surface area contributed by atoms with E-state index in [9.17, 15) is 19.7 Å². The van der Waals surface area contributed by atoms with Crippen LogP contribution in [0.25, 0.3) is 11.8 Å². The molecule has 9 heteroatoms. The van der Waals surface area contributed by atoms with Crippen molar-refractivity contribution >= 4 is 17.7 Å². The van der Waals surface area contributed by atoms with Crippen LogP contribution in [0.1, 0.15) is 30.1 Å². The number of hydrogen-bond donors (Lipinski definition) is 0. The minimum atomic E-state index is -0.457. The smallest absolute Gasteiger partial charge is 0.339 e. The molecule has 1 aromatic heterocycles. The van der Waals surface area contributed by atoms with Gasteiger partial charge in [-0.15, -0.1) is 0 Å². The molecule has 1 aliphatic rings. The normalized spacial score (nSPS) is 14.7. The molecule has 1 saturated heterocycles. The van der Waals surface area contributed by atoms with Crippen molar-refractivity contribution < 1.29 is 9.72 Å². The van der Waals surface area contributed by atoms with Crippen LogP contribution in [0.3, 0.4) is 0 Å². The van der Waals surface area contributed by atoms with Gasteiger partial charge in [0.1, 0.15) is 5.82 Å². The number of carbonyl (C=O) groups is 1. The van der Waals surface area contributed by atoms with Gasteiger partial charge in [0.15, 0.2) is 0 Å². The average Bonchev–Trinajstić information content (AvgIpc) is 3.12. The number of likely N-dealkylation sites (tertiary alicyclic amines) is 1. The second kappa shape index (κ2) is 9.01. The predicted octanol–water partition coefficient (Wildman–Crippen LogP) is 2.90. The lowest BCUT2D eigenvalue weighted by atomic mass is 9.95. The molecule has 3 aromatic rings. The summed E-state index contributed by atoms with van der Waals surface area (Å²) >= 11 is 0. The molecule has 0 N–H and O–H groups in total. The minimum absolute atomic E-state index is 0.0130. The first-order valence-corrected chi connectivity index (χ1v) is 10.4. The summed E-state index contributed by atoms with van der Waals surface area (Å²) in [6.07, 6.45) is 4.56. The molecule has 0 bridgehead atoms. The Morgan fingerprint density at radius 3 is 2.38 bits per heavy atom. The van der Waals surface area contributed by atoms with Gasteiger partial charge < -0.3 is 4.90 Å². The quantitative estimate of drug-likeness (QED) is 0.350. The predicted molar refractivity (Wildman–Crippen MR) is 119 cm³/mol. The van der Waals surface area contributed by atoms with Crippen LogP contribution in [0, 0.1) is 10.1 Å². The summed E-state index contributed by atoms with van der Waals surface area (Å²) in [5, 5.41) is 15.2. The Labute approximate surface area is 184 Å². The zero-order chi connectivity index (χ0) is 22.7. The number of para-hydroxylation sites is 1. The zero-order valence-corrected chi connectivity index (χ0v) is 17.6. The molecule has 4 rings (SSSR count). The Morgan fingerprint density at radius 1 is 1.09 bits per heavy atom. The lowest BCUT2D eigenvalue weighted by Gasteiger charge is -2.30. The van der Waals surface area contributed by atoms with Crippen molar-refractivity contribution in [2.75, 3.05) is 13.1 Å². The number of non-ortho nitro benzene ring substituents is 1. The molecule has 9 nitrogen and oxygen atoms in total. The van der Waals surface area contributed by atoms with E-state index in [-0.39, 0.29) is 23.2 Å². The van der Waals surface area contributed by atoms with E-state index in [0.717, 1.165) is 17.1 Å². The number of benzene rings is 2. The molecular formula is C23H23N5O4. The molecule has 0 unspecified atom stereocenters. The fraction of sp³-hybridized carbons (Fsp3) is 0.261. The second-order valence-corrected chi connectivity index (χ2v) is 7.72. The van der Waals surface area contributed by atoms with Crippen molar-refractivity contribution in [2.45, 2.75) is 18.8 Å². The lowest BCUT2D eigenvalue weighted by molar-refractivity contribution is -0.384. The largest absolute Gasteiger partial charge is 0.350 e. The van der Waals surface area contributed by atoms with Crippen molar-refractivity contribution in [2.24, 2.45) is 7.05 Å². The van der Waals surface area contributed by atoms with Gasteiger partial charge in [0.2, 0.25) is 5.91 Å². The van der Waals surface area contributed by atoms with Crippen molar-refractivity contribution in [1.29, 1.82) is 0 Å². The molecule has 0 spiro atoms. The third-order valence-corrected chi connectivity index (χ3v) is 5.66. The summed E-state index contributed by atoms with van der Waals surface area (Å²) in [6, 6.07) is 15.5. The van der Waals surface area contributed by atoms with Gasteiger partial charge in [0.05, 0.1) is 10.6 Å². The van der Waals surface area contributed by atoms with E-state index in [1.807, 2.05) is 30.3 Å². The average molecular weight is 433 g/mol. The molecular weight excluding hydrogens is 410 g/mol. The Balaban J connectivity index is 1.42. The standard InChI is InChI=1S/C23H23N5O4/c1-25-23(30)27(19-5-3-2-4-6-19)22(24-25)18-13-15-26(16-14-18)21(29)12-9-17-7-10-20(11-8-17)28(31)32/h2-12,18H,13-16H2,1H3/b12-9+. The van der Waals surface area contributed by atoms with Gasteiger partial charge in [-0.3, -0.25) is 14.9 Å². The number of hydrogen-bond acceptors (Lipinski definition) is 5. The van der Waals surface area contributed by atoms with Crippen molar-refractivity contribution in [1.82, 2.24) is 19.2 Å². The van der Waals surface area contributed by atoms with E-state index in [1.165, 1.54) is 22.9 Å². The molecule has 0 atom stereocenters. The number of carbonyl (C=O) groups excluding carboxylic acids is 1. The summed E-state index contributed by atoms with van der Waals surface area (Å²) in [6.45, 7) is 1.13. The molecule has 1 fully saturated rings. The molecule has 1 amide bonds. The fourth-order valence-electron chi connectivity index (χ4n) is 3.91. The van der Waals surface area contributed by atoms with Gasteiger partial charge in [-0.1, -0.05) is 18.2 Å². The number of rotatable bonds is 5. The van der Waals surface area contributed by atoms with Crippen LogP contribution in [0.2, 0.25) is 0 Å². The number of nitro groups is 1. The molecule has 1 aliphatic heterocycles. The Bertz CT molecular complexity index is 1200. The Morgan fingerprint density at radius 2 is 1.75 bits per heavy atom. The number of piperidine rings is 1. The van der Waals surface area contributed by atoms with Crippen LogP contribution in [0.15, 0.2) is 65.5 Å². The first-order valence-electron chi connectivity index (χ1n) is 10.4. The first kappa shape index (κ1) is 21.2. The lowest BCUT2D eigenvalue weighted by Crippen LogP contribution is -2.37. The Hall–Kier alpha value is -4.01. The van der Waals surface area contributed by atoms with Gasteiger partial charge in [-0.25, -0.2) is 14.0 Å². The molecule has 164 valence electrons. The van der Waals surface area contributed by atoms with Gasteiger partial charge in [0.25, 0.3) is 5.69 Å². The summed E-state index contributed by atoms with van der Waals surface area (Å²) < 4.78 is 3.00. The molecule has 0 aliphatic carbocycles. The first-order chi connectivity index (χ1) is 15.4. The van der Waals surface area contributed by atoms with E-state index < -0.39 is 4.92 Å². The van der Waals surface area contributed by atoms with E-state index in [0.29, 0.717) is 25.9 Å². The second-order valence-electron chi connectivity index (χ2n) is 7.72. The number of aromatic nitrogens is 3. The Kier molecular flexibility index (Phi) is 5.98. The van der Waals surface area contributed by atoms with Crippen LogP contribution in [-0.4, -0.2) is 43.2 Å². The molecule has 32 heavy (non-hydrogen) atoms. The third-order valence-electron chi connectivity index (χ3n) is 5.66. The summed E-state index contributed by atoms with van der Waals surface area (Å²) in [5.41, 5.74) is 1.33. The van der Waals surface area contributed by atoms with Crippen molar-refractivity contribution in [3.8, 4) is 5.69 Å². The monoisotopic (exact) mass is 433 g/mol. The van der Waals surface area contributed by atoms with E-state index in [1.54, 1.807) is 34.7 Å². The highest BCUT2D eigenvalue weighted by Gasteiger charge is 2.28. The topological polar surface area (TPSA) is 103 Å². The van der Waals surface area contributed by atoms with E-state index >= 15 is 0 Å². The van der Waals surface area contributed by atoms with Crippen molar-refractivity contribution in [3.05, 3.63) is 92.7 Å². The van der Waals surface area contributed by atoms with Gasteiger partial charge in [-0.2, -0.15) is 5.10 Å². The highest BCUT2D eigenvalue weighted by Crippen LogP contribution is 2.27. The third kappa shape index (κ3) is 4.36. The number of amides is 1. The van der Waals surface area contributed by atoms with Gasteiger partial charge in [-0.05, 0) is 48.7 Å². The van der Waals surface area contributed by atoms with Crippen molar-refractivity contribution in [3.63, 3.8) is 0 Å². The molecule has 0 radical (unpaired) electrons. The SMILES string of the molecule is Cn1nc(C2CCN(C(=O)/C=C/c3ccc([N+](=O)[O-])cc3)CC2)n(-c2ccccc2)c1=O. The summed E-state index contributed by atoms with van der Waals surface area (Å²) in [7, 11) is 1.65. The number of aryl methyl sites for hydroxylation is 1. The van der Waals surface area contributed by atoms with E-state index in [4.69, 9.17) is 0 Å². The number of nitro benzene ring substituents is 1. The zero-order valence-electron chi connectivity index (χ0n) is 17.6. The maximum Gasteiger partial charge on any atom is 0.350 e. The minimum Gasteiger partial charge on any atom is -0.339 e. The van der Waals surface area contributed by atoms with Crippen LogP contribution < -0.4 is 5.69 Å². The highest BCUT2D eigenvalue weighted by molar-refractivity contribution is 5.91. The van der Waals surface area contributed by atoms with Crippen LogP contribution in [-0.2, 0) is 11.8 Å². The fourth-order valence-corrected chi connectivity index (χ4v) is 3.91. The molecule has 0 saturated carbocycles. The summed E-state index contributed by atoms with van der Waals surface area (Å²) in [4.78, 5) is 37.3. The summed E-state index contributed by atoms with van der Waals surface area (Å²) in [5.74, 6) is 0.687. The van der Waals surface area contributed by atoms with E-state index in [2.05, 4.69) is 5.10 Å². The number of nitrogens with zero attached hydrogens (tertiary/aromatic N) is 5. The maximum absolute atomic E-state index is 12.6. The van der Waals surface area contributed by atoms with Gasteiger partial charge >= 0.3 is 5.69 Å². The highest BCUT2D eigenvalue weighted by atomic mass is 16.6. The van der Waals surface area contributed by atoms with Crippen LogP contribution >= 0.6 is 0 Å². The molecule has 2 aromatic carbocycles. The van der Waals surface area contributed by atoms with Gasteiger partial charge in [0, 0.05) is 44.3 Å². The molecule has 2 heterocycles.